The summed E-state index contributed by atoms with van der Waals surface area (Å²) in [5.41, 5.74) is 6.72. The average Bonchev–Trinajstić information content (AvgIpc) is 2.98. The SMILES string of the molecule is N#Cc1ccc(-c2nc3ccc(-c4cncnc4)cn3c2CN2CCCNCC2)cc1. The predicted molar refractivity (Wildman–Crippen MR) is 119 cm³/mol. The standard InChI is InChI=1S/C24H23N7/c25-12-18-2-4-19(5-3-18)24-22(16-30-10-1-8-26-9-11-30)31-15-20(6-7-23(31)29-24)21-13-27-17-28-14-21/h2-7,13-15,17,26H,1,8-11,16H2. The molecule has 0 aliphatic carbocycles. The Morgan fingerprint density at radius 3 is 2.55 bits per heavy atom. The second-order valence-corrected chi connectivity index (χ2v) is 7.75. The highest BCUT2D eigenvalue weighted by Gasteiger charge is 2.19. The van der Waals surface area contributed by atoms with Gasteiger partial charge >= 0.3 is 0 Å². The van der Waals surface area contributed by atoms with E-state index in [2.05, 4.69) is 42.9 Å². The van der Waals surface area contributed by atoms with E-state index in [1.54, 1.807) is 6.33 Å². The summed E-state index contributed by atoms with van der Waals surface area (Å²) < 4.78 is 2.19. The van der Waals surface area contributed by atoms with Crippen LogP contribution >= 0.6 is 0 Å². The number of nitrogens with zero attached hydrogens (tertiary/aromatic N) is 6. The van der Waals surface area contributed by atoms with Gasteiger partial charge in [-0.15, -0.1) is 0 Å². The van der Waals surface area contributed by atoms with Gasteiger partial charge in [0.05, 0.1) is 23.0 Å². The third-order valence-electron chi connectivity index (χ3n) is 5.70. The van der Waals surface area contributed by atoms with Crippen molar-refractivity contribution >= 4 is 5.65 Å². The molecule has 3 aromatic heterocycles. The minimum Gasteiger partial charge on any atom is -0.315 e. The highest BCUT2D eigenvalue weighted by molar-refractivity contribution is 5.70. The molecular weight excluding hydrogens is 386 g/mol. The van der Waals surface area contributed by atoms with Gasteiger partial charge in [0.15, 0.2) is 0 Å². The number of benzene rings is 1. The van der Waals surface area contributed by atoms with Gasteiger partial charge in [0, 0.05) is 54.9 Å². The molecule has 1 saturated heterocycles. The normalized spacial score (nSPS) is 14.9. The van der Waals surface area contributed by atoms with Crippen molar-refractivity contribution < 1.29 is 0 Å². The topological polar surface area (TPSA) is 82.1 Å². The maximum Gasteiger partial charge on any atom is 0.137 e. The Morgan fingerprint density at radius 1 is 0.935 bits per heavy atom. The van der Waals surface area contributed by atoms with E-state index in [1.165, 1.54) is 0 Å². The van der Waals surface area contributed by atoms with Crippen LogP contribution in [0.2, 0.25) is 0 Å². The number of imidazole rings is 1. The Hall–Kier alpha value is -3.60. The molecule has 4 aromatic rings. The van der Waals surface area contributed by atoms with Crippen LogP contribution in [0.1, 0.15) is 17.7 Å². The fourth-order valence-electron chi connectivity index (χ4n) is 4.07. The van der Waals surface area contributed by atoms with Gasteiger partial charge in [-0.1, -0.05) is 12.1 Å². The lowest BCUT2D eigenvalue weighted by atomic mass is 10.1. The van der Waals surface area contributed by atoms with E-state index in [4.69, 9.17) is 10.2 Å². The molecule has 0 radical (unpaired) electrons. The van der Waals surface area contributed by atoms with Gasteiger partial charge < -0.3 is 9.72 Å². The highest BCUT2D eigenvalue weighted by Crippen LogP contribution is 2.28. The number of pyridine rings is 1. The Bertz CT molecular complexity index is 1210. The van der Waals surface area contributed by atoms with Crippen molar-refractivity contribution in [1.82, 2.24) is 29.6 Å². The lowest BCUT2D eigenvalue weighted by molar-refractivity contribution is 0.281. The van der Waals surface area contributed by atoms with Gasteiger partial charge in [0.25, 0.3) is 0 Å². The molecule has 1 aliphatic rings. The first kappa shape index (κ1) is 19.4. The molecular formula is C24H23N7. The maximum absolute atomic E-state index is 9.16. The fraction of sp³-hybridized carbons (Fsp3) is 0.250. The van der Waals surface area contributed by atoms with E-state index < -0.39 is 0 Å². The summed E-state index contributed by atoms with van der Waals surface area (Å²) in [6.07, 6.45) is 8.45. The molecule has 0 saturated carbocycles. The van der Waals surface area contributed by atoms with Crippen LogP contribution in [-0.4, -0.2) is 50.4 Å². The lowest BCUT2D eigenvalue weighted by Crippen LogP contribution is -2.28. The first-order valence-electron chi connectivity index (χ1n) is 10.5. The molecule has 4 heterocycles. The number of nitriles is 1. The summed E-state index contributed by atoms with van der Waals surface area (Å²) in [5.74, 6) is 0. The van der Waals surface area contributed by atoms with E-state index >= 15 is 0 Å². The molecule has 31 heavy (non-hydrogen) atoms. The number of aromatic nitrogens is 4. The van der Waals surface area contributed by atoms with Crippen molar-refractivity contribution in [3.63, 3.8) is 0 Å². The minimum absolute atomic E-state index is 0.652. The summed E-state index contributed by atoms with van der Waals surface area (Å²) in [6.45, 7) is 4.93. The van der Waals surface area contributed by atoms with Crippen LogP contribution in [0, 0.1) is 11.3 Å². The second-order valence-electron chi connectivity index (χ2n) is 7.75. The van der Waals surface area contributed by atoms with Crippen LogP contribution in [0.25, 0.3) is 28.0 Å². The quantitative estimate of drug-likeness (QED) is 0.558. The van der Waals surface area contributed by atoms with Crippen molar-refractivity contribution in [2.75, 3.05) is 26.2 Å². The maximum atomic E-state index is 9.16. The number of hydrogen-bond donors (Lipinski definition) is 1. The molecule has 0 bridgehead atoms. The summed E-state index contributed by atoms with van der Waals surface area (Å²) in [7, 11) is 0. The van der Waals surface area contributed by atoms with E-state index in [1.807, 2.05) is 42.7 Å². The van der Waals surface area contributed by atoms with Crippen molar-refractivity contribution in [2.24, 2.45) is 0 Å². The van der Waals surface area contributed by atoms with Crippen molar-refractivity contribution in [3.05, 3.63) is 72.6 Å². The molecule has 7 nitrogen and oxygen atoms in total. The monoisotopic (exact) mass is 409 g/mol. The largest absolute Gasteiger partial charge is 0.315 e. The minimum atomic E-state index is 0.652. The Morgan fingerprint density at radius 2 is 1.74 bits per heavy atom. The van der Waals surface area contributed by atoms with Gasteiger partial charge in [-0.25, -0.2) is 15.0 Å². The number of rotatable bonds is 4. The van der Waals surface area contributed by atoms with Crippen molar-refractivity contribution in [3.8, 4) is 28.5 Å². The Kier molecular flexibility index (Phi) is 5.40. The van der Waals surface area contributed by atoms with Crippen LogP contribution in [0.3, 0.4) is 0 Å². The first-order chi connectivity index (χ1) is 15.3. The number of fused-ring (bicyclic) bond motifs is 1. The molecule has 1 fully saturated rings. The average molecular weight is 409 g/mol. The highest BCUT2D eigenvalue weighted by atomic mass is 15.2. The van der Waals surface area contributed by atoms with Crippen LogP contribution < -0.4 is 5.32 Å². The first-order valence-corrected chi connectivity index (χ1v) is 10.5. The zero-order valence-corrected chi connectivity index (χ0v) is 17.2. The zero-order chi connectivity index (χ0) is 21.0. The zero-order valence-electron chi connectivity index (χ0n) is 17.2. The Balaban J connectivity index is 1.62. The van der Waals surface area contributed by atoms with E-state index in [0.717, 1.165) is 72.9 Å². The predicted octanol–water partition coefficient (Wildman–Crippen LogP) is 3.13. The van der Waals surface area contributed by atoms with Gasteiger partial charge in [0.1, 0.15) is 12.0 Å². The number of nitrogens with one attached hydrogen (secondary N) is 1. The van der Waals surface area contributed by atoms with E-state index in [0.29, 0.717) is 5.56 Å². The van der Waals surface area contributed by atoms with Gasteiger partial charge in [-0.3, -0.25) is 4.90 Å². The molecule has 5 rings (SSSR count). The van der Waals surface area contributed by atoms with Crippen LogP contribution in [0.4, 0.5) is 0 Å². The van der Waals surface area contributed by atoms with Crippen molar-refractivity contribution in [1.29, 1.82) is 5.26 Å². The van der Waals surface area contributed by atoms with Gasteiger partial charge in [-0.2, -0.15) is 5.26 Å². The van der Waals surface area contributed by atoms with Crippen LogP contribution in [-0.2, 0) is 6.54 Å². The van der Waals surface area contributed by atoms with Gasteiger partial charge in [0.2, 0.25) is 0 Å². The summed E-state index contributed by atoms with van der Waals surface area (Å²) in [6, 6.07) is 14.0. The van der Waals surface area contributed by atoms with Crippen LogP contribution in [0.5, 0.6) is 0 Å². The molecule has 0 atom stereocenters. The van der Waals surface area contributed by atoms with Crippen LogP contribution in [0.15, 0.2) is 61.3 Å². The number of hydrogen-bond acceptors (Lipinski definition) is 6. The van der Waals surface area contributed by atoms with E-state index in [-0.39, 0.29) is 0 Å². The Labute approximate surface area is 181 Å². The van der Waals surface area contributed by atoms with E-state index in [9.17, 15) is 0 Å². The molecule has 1 N–H and O–H groups in total. The molecule has 154 valence electrons. The summed E-state index contributed by atoms with van der Waals surface area (Å²) >= 11 is 0. The molecule has 7 heteroatoms. The second kappa shape index (κ2) is 8.64. The molecule has 0 unspecified atom stereocenters. The smallest absolute Gasteiger partial charge is 0.137 e. The van der Waals surface area contributed by atoms with Crippen molar-refractivity contribution in [2.45, 2.75) is 13.0 Å². The summed E-state index contributed by atoms with van der Waals surface area (Å²) in [4.78, 5) is 15.8. The molecule has 1 aliphatic heterocycles. The third kappa shape index (κ3) is 4.04. The molecule has 0 spiro atoms. The summed E-state index contributed by atoms with van der Waals surface area (Å²) in [5, 5.41) is 12.6. The fourth-order valence-corrected chi connectivity index (χ4v) is 4.07. The third-order valence-corrected chi connectivity index (χ3v) is 5.70. The van der Waals surface area contributed by atoms with Gasteiger partial charge in [-0.05, 0) is 43.8 Å². The molecule has 1 aromatic carbocycles. The molecule has 0 amide bonds. The lowest BCUT2D eigenvalue weighted by Gasteiger charge is -2.20.